The average molecular weight is 292 g/mol. The zero-order valence-corrected chi connectivity index (χ0v) is 12.5. The van der Waals surface area contributed by atoms with Crippen LogP contribution >= 0.6 is 0 Å². The molecule has 2 aliphatic carbocycles. The van der Waals surface area contributed by atoms with E-state index in [9.17, 15) is 8.42 Å². The summed E-state index contributed by atoms with van der Waals surface area (Å²) < 4.78 is 31.3. The molecule has 3 fully saturated rings. The standard InChI is InChI=1S/C16H20O3S/c1-10-2-4-12(5-3-10)20(17,18)16-7-11-6-13(16)15-9-19-8-14(11)15/h2-5,11,13-16H,6-9H2,1H3. The second-order valence-electron chi connectivity index (χ2n) is 6.66. The molecule has 1 aliphatic heterocycles. The first-order valence-corrected chi connectivity index (χ1v) is 9.00. The fourth-order valence-electron chi connectivity index (χ4n) is 4.64. The van der Waals surface area contributed by atoms with Crippen LogP contribution in [0.15, 0.2) is 29.2 Å². The van der Waals surface area contributed by atoms with Crippen LogP contribution < -0.4 is 0 Å². The molecule has 5 unspecified atom stereocenters. The van der Waals surface area contributed by atoms with Gasteiger partial charge in [-0.1, -0.05) is 17.7 Å². The fourth-order valence-corrected chi connectivity index (χ4v) is 6.78. The normalized spacial score (nSPS) is 39.1. The molecule has 4 heteroatoms. The molecule has 1 saturated heterocycles. The Bertz CT molecular complexity index is 620. The molecule has 5 atom stereocenters. The first-order chi connectivity index (χ1) is 9.57. The van der Waals surface area contributed by atoms with Crippen LogP contribution in [0.3, 0.4) is 0 Å². The maximum absolute atomic E-state index is 12.9. The smallest absolute Gasteiger partial charge is 0.181 e. The molecule has 1 heterocycles. The first-order valence-electron chi connectivity index (χ1n) is 7.45. The Morgan fingerprint density at radius 1 is 1.00 bits per heavy atom. The van der Waals surface area contributed by atoms with E-state index in [-0.39, 0.29) is 5.25 Å². The van der Waals surface area contributed by atoms with E-state index in [0.717, 1.165) is 31.6 Å². The quantitative estimate of drug-likeness (QED) is 0.841. The molecule has 0 spiro atoms. The third-order valence-corrected chi connectivity index (χ3v) is 7.93. The minimum atomic E-state index is -3.18. The lowest BCUT2D eigenvalue weighted by atomic mass is 9.81. The Kier molecular flexibility index (Phi) is 2.77. The van der Waals surface area contributed by atoms with E-state index in [1.807, 2.05) is 19.1 Å². The van der Waals surface area contributed by atoms with Crippen molar-refractivity contribution < 1.29 is 13.2 Å². The van der Waals surface area contributed by atoms with Crippen molar-refractivity contribution in [3.8, 4) is 0 Å². The molecule has 20 heavy (non-hydrogen) atoms. The van der Waals surface area contributed by atoms with Gasteiger partial charge >= 0.3 is 0 Å². The number of rotatable bonds is 2. The molecular formula is C16H20O3S. The fraction of sp³-hybridized carbons (Fsp3) is 0.625. The molecule has 0 N–H and O–H groups in total. The summed E-state index contributed by atoms with van der Waals surface area (Å²) in [5.74, 6) is 2.00. The van der Waals surface area contributed by atoms with Crippen molar-refractivity contribution in [2.75, 3.05) is 13.2 Å². The van der Waals surface area contributed by atoms with Gasteiger partial charge in [-0.2, -0.15) is 0 Å². The lowest BCUT2D eigenvalue weighted by Crippen LogP contribution is -2.35. The van der Waals surface area contributed by atoms with E-state index in [1.54, 1.807) is 12.1 Å². The topological polar surface area (TPSA) is 43.4 Å². The van der Waals surface area contributed by atoms with Gasteiger partial charge in [0.25, 0.3) is 0 Å². The van der Waals surface area contributed by atoms with Gasteiger partial charge in [0.05, 0.1) is 23.4 Å². The molecule has 2 saturated carbocycles. The van der Waals surface area contributed by atoms with Gasteiger partial charge < -0.3 is 4.74 Å². The SMILES string of the molecule is Cc1ccc(S(=O)(=O)C2CC3CC2C2COCC32)cc1. The summed E-state index contributed by atoms with van der Waals surface area (Å²) in [7, 11) is -3.18. The summed E-state index contributed by atoms with van der Waals surface area (Å²) in [5.41, 5.74) is 1.10. The highest BCUT2D eigenvalue weighted by Gasteiger charge is 2.58. The van der Waals surface area contributed by atoms with Crippen LogP contribution in [0.4, 0.5) is 0 Å². The highest BCUT2D eigenvalue weighted by atomic mass is 32.2. The van der Waals surface area contributed by atoms with Crippen LogP contribution in [0.25, 0.3) is 0 Å². The van der Waals surface area contributed by atoms with E-state index in [4.69, 9.17) is 4.74 Å². The highest BCUT2D eigenvalue weighted by Crippen LogP contribution is 2.57. The number of hydrogen-bond donors (Lipinski definition) is 0. The Balaban J connectivity index is 1.66. The molecule has 2 bridgehead atoms. The maximum Gasteiger partial charge on any atom is 0.181 e. The van der Waals surface area contributed by atoms with Crippen LogP contribution in [-0.2, 0) is 14.6 Å². The predicted octanol–water partition coefficient (Wildman–Crippen LogP) is 2.44. The van der Waals surface area contributed by atoms with E-state index in [1.165, 1.54) is 0 Å². The van der Waals surface area contributed by atoms with Gasteiger partial charge in [0, 0.05) is 0 Å². The van der Waals surface area contributed by atoms with Gasteiger partial charge in [-0.15, -0.1) is 0 Å². The molecule has 0 amide bonds. The Hall–Kier alpha value is -0.870. The Morgan fingerprint density at radius 3 is 2.45 bits per heavy atom. The van der Waals surface area contributed by atoms with Gasteiger partial charge in [-0.25, -0.2) is 8.42 Å². The van der Waals surface area contributed by atoms with E-state index in [2.05, 4.69) is 0 Å². The van der Waals surface area contributed by atoms with Crippen LogP contribution in [0, 0.1) is 30.6 Å². The second kappa shape index (κ2) is 4.31. The zero-order chi connectivity index (χ0) is 13.9. The molecule has 0 radical (unpaired) electrons. The summed E-state index contributed by atoms with van der Waals surface area (Å²) in [6.45, 7) is 3.60. The van der Waals surface area contributed by atoms with Crippen molar-refractivity contribution in [1.82, 2.24) is 0 Å². The lowest BCUT2D eigenvalue weighted by Gasteiger charge is -2.29. The summed E-state index contributed by atoms with van der Waals surface area (Å²) in [4.78, 5) is 0.496. The molecule has 4 rings (SSSR count). The molecule has 1 aromatic rings. The van der Waals surface area contributed by atoms with Crippen molar-refractivity contribution in [1.29, 1.82) is 0 Å². The van der Waals surface area contributed by atoms with E-state index in [0.29, 0.717) is 28.6 Å². The van der Waals surface area contributed by atoms with Gasteiger partial charge in [-0.05, 0) is 55.6 Å². The summed E-state index contributed by atoms with van der Waals surface area (Å²) in [6, 6.07) is 7.31. The third kappa shape index (κ3) is 1.70. The van der Waals surface area contributed by atoms with Crippen molar-refractivity contribution in [3.05, 3.63) is 29.8 Å². The summed E-state index contributed by atoms with van der Waals surface area (Å²) >= 11 is 0. The largest absolute Gasteiger partial charge is 0.381 e. The summed E-state index contributed by atoms with van der Waals surface area (Å²) in [6.07, 6.45) is 1.93. The minimum absolute atomic E-state index is 0.182. The van der Waals surface area contributed by atoms with Crippen LogP contribution in [0.1, 0.15) is 18.4 Å². The molecule has 0 aromatic heterocycles. The lowest BCUT2D eigenvalue weighted by molar-refractivity contribution is 0.164. The number of aryl methyl sites for hydroxylation is 1. The van der Waals surface area contributed by atoms with E-state index < -0.39 is 9.84 Å². The average Bonchev–Trinajstić information content (AvgIpc) is 3.12. The van der Waals surface area contributed by atoms with Gasteiger partial charge in [0.2, 0.25) is 0 Å². The number of benzene rings is 1. The first kappa shape index (κ1) is 12.8. The molecule has 1 aromatic carbocycles. The van der Waals surface area contributed by atoms with Crippen LogP contribution in [-0.4, -0.2) is 26.9 Å². The number of ether oxygens (including phenoxy) is 1. The van der Waals surface area contributed by atoms with Crippen molar-refractivity contribution in [2.45, 2.75) is 29.9 Å². The summed E-state index contributed by atoms with van der Waals surface area (Å²) in [5, 5.41) is -0.182. The molecule has 3 aliphatic rings. The van der Waals surface area contributed by atoms with Crippen LogP contribution in [0.2, 0.25) is 0 Å². The van der Waals surface area contributed by atoms with E-state index >= 15 is 0 Å². The molecule has 108 valence electrons. The van der Waals surface area contributed by atoms with Crippen molar-refractivity contribution in [3.63, 3.8) is 0 Å². The Labute approximate surface area is 120 Å². The molecular weight excluding hydrogens is 272 g/mol. The van der Waals surface area contributed by atoms with Crippen molar-refractivity contribution in [2.24, 2.45) is 23.7 Å². The second-order valence-corrected chi connectivity index (χ2v) is 8.82. The monoisotopic (exact) mass is 292 g/mol. The maximum atomic E-state index is 12.9. The van der Waals surface area contributed by atoms with Crippen molar-refractivity contribution >= 4 is 9.84 Å². The molecule has 3 nitrogen and oxygen atoms in total. The highest BCUT2D eigenvalue weighted by molar-refractivity contribution is 7.92. The Morgan fingerprint density at radius 2 is 1.70 bits per heavy atom. The zero-order valence-electron chi connectivity index (χ0n) is 11.7. The van der Waals surface area contributed by atoms with Crippen LogP contribution in [0.5, 0.6) is 0 Å². The number of hydrogen-bond acceptors (Lipinski definition) is 3. The third-order valence-electron chi connectivity index (χ3n) is 5.66. The minimum Gasteiger partial charge on any atom is -0.381 e. The number of fused-ring (bicyclic) bond motifs is 5. The van der Waals surface area contributed by atoms with Gasteiger partial charge in [0.15, 0.2) is 9.84 Å². The predicted molar refractivity (Wildman–Crippen MR) is 76.2 cm³/mol. The van der Waals surface area contributed by atoms with Gasteiger partial charge in [0.1, 0.15) is 0 Å². The number of sulfone groups is 1. The van der Waals surface area contributed by atoms with Gasteiger partial charge in [-0.3, -0.25) is 0 Å².